The molecule has 3 heterocycles. The largest absolute Gasteiger partial charge is 0.420 e. The predicted molar refractivity (Wildman–Crippen MR) is 78.7 cm³/mol. The van der Waals surface area contributed by atoms with Gasteiger partial charge in [-0.2, -0.15) is 13.2 Å². The number of rotatable bonds is 3. The van der Waals surface area contributed by atoms with Gasteiger partial charge in [0.25, 0.3) is 0 Å². The standard InChI is InChI=1S/C14H17F3N6/c1-8-4-18-3-2-10(8)22-13-20-5-9(14(15,16)17)12(23-13)11-6-19-7-21-11/h5-8,10,18H,2-4H2,1H3,(H,19,21)(H,20,22,23). The molecule has 3 rings (SSSR count). The summed E-state index contributed by atoms with van der Waals surface area (Å²) in [5.74, 6) is 0.526. The Bertz CT molecular complexity index is 655. The molecule has 1 aliphatic rings. The molecule has 3 N–H and O–H groups in total. The van der Waals surface area contributed by atoms with Gasteiger partial charge in [0, 0.05) is 18.4 Å². The number of piperidine rings is 1. The van der Waals surface area contributed by atoms with Crippen LogP contribution in [0.15, 0.2) is 18.7 Å². The summed E-state index contributed by atoms with van der Waals surface area (Å²) in [4.78, 5) is 14.4. The quantitative estimate of drug-likeness (QED) is 0.807. The highest BCUT2D eigenvalue weighted by molar-refractivity contribution is 5.60. The van der Waals surface area contributed by atoms with Crippen LogP contribution >= 0.6 is 0 Å². The summed E-state index contributed by atoms with van der Waals surface area (Å²) in [6.45, 7) is 3.78. The Hall–Kier alpha value is -2.16. The van der Waals surface area contributed by atoms with Gasteiger partial charge in [0.2, 0.25) is 5.95 Å². The van der Waals surface area contributed by atoms with Crippen molar-refractivity contribution in [2.24, 2.45) is 5.92 Å². The highest BCUT2D eigenvalue weighted by Crippen LogP contribution is 2.35. The fourth-order valence-electron chi connectivity index (χ4n) is 2.64. The molecule has 1 aliphatic heterocycles. The van der Waals surface area contributed by atoms with Gasteiger partial charge < -0.3 is 15.6 Å². The Kier molecular flexibility index (Phi) is 4.20. The molecular weight excluding hydrogens is 309 g/mol. The van der Waals surface area contributed by atoms with Gasteiger partial charge in [-0.15, -0.1) is 0 Å². The van der Waals surface area contributed by atoms with E-state index in [1.165, 1.54) is 12.5 Å². The van der Waals surface area contributed by atoms with E-state index >= 15 is 0 Å². The number of anilines is 1. The maximum atomic E-state index is 13.1. The second kappa shape index (κ2) is 6.15. The molecule has 0 aliphatic carbocycles. The molecule has 0 amide bonds. The molecule has 23 heavy (non-hydrogen) atoms. The molecule has 1 fully saturated rings. The number of aromatic amines is 1. The van der Waals surface area contributed by atoms with Crippen molar-refractivity contribution in [1.29, 1.82) is 0 Å². The molecule has 0 aromatic carbocycles. The first-order valence-electron chi connectivity index (χ1n) is 7.36. The lowest BCUT2D eigenvalue weighted by molar-refractivity contribution is -0.137. The van der Waals surface area contributed by atoms with Crippen LogP contribution in [0.1, 0.15) is 18.9 Å². The first kappa shape index (κ1) is 15.7. The SMILES string of the molecule is CC1CNCCC1Nc1ncc(C(F)(F)F)c(-c2c[nH]cn2)n1. The van der Waals surface area contributed by atoms with Crippen LogP contribution in [-0.4, -0.2) is 39.1 Å². The summed E-state index contributed by atoms with van der Waals surface area (Å²) in [6, 6.07) is 0.125. The Balaban J connectivity index is 1.92. The Morgan fingerprint density at radius 3 is 2.78 bits per heavy atom. The molecule has 124 valence electrons. The lowest BCUT2D eigenvalue weighted by atomic mass is 9.95. The van der Waals surface area contributed by atoms with E-state index in [1.54, 1.807) is 0 Å². The fourth-order valence-corrected chi connectivity index (χ4v) is 2.64. The van der Waals surface area contributed by atoms with E-state index in [0.29, 0.717) is 5.92 Å². The second-order valence-electron chi connectivity index (χ2n) is 5.63. The van der Waals surface area contributed by atoms with Gasteiger partial charge >= 0.3 is 6.18 Å². The summed E-state index contributed by atoms with van der Waals surface area (Å²) in [5.41, 5.74) is -0.979. The highest BCUT2D eigenvalue weighted by Gasteiger charge is 2.36. The van der Waals surface area contributed by atoms with Crippen LogP contribution in [-0.2, 0) is 6.18 Å². The number of imidazole rings is 1. The van der Waals surface area contributed by atoms with Gasteiger partial charge in [-0.1, -0.05) is 6.92 Å². The third-order valence-electron chi connectivity index (χ3n) is 3.93. The molecule has 2 atom stereocenters. The number of nitrogens with zero attached hydrogens (tertiary/aromatic N) is 3. The molecule has 0 radical (unpaired) electrons. The van der Waals surface area contributed by atoms with Crippen molar-refractivity contribution in [2.75, 3.05) is 18.4 Å². The van der Waals surface area contributed by atoms with Gasteiger partial charge in [-0.05, 0) is 25.4 Å². The van der Waals surface area contributed by atoms with E-state index in [1.807, 2.05) is 0 Å². The highest BCUT2D eigenvalue weighted by atomic mass is 19.4. The minimum Gasteiger partial charge on any atom is -0.351 e. The van der Waals surface area contributed by atoms with E-state index in [-0.39, 0.29) is 23.4 Å². The lowest BCUT2D eigenvalue weighted by Crippen LogP contribution is -2.42. The monoisotopic (exact) mass is 326 g/mol. The Labute approximate surface area is 131 Å². The first-order chi connectivity index (χ1) is 10.9. The van der Waals surface area contributed by atoms with Crippen molar-refractivity contribution >= 4 is 5.95 Å². The topological polar surface area (TPSA) is 78.5 Å². The number of H-pyrrole nitrogens is 1. The van der Waals surface area contributed by atoms with Gasteiger partial charge in [-0.25, -0.2) is 15.0 Å². The minimum absolute atomic E-state index is 0.125. The molecule has 2 aromatic rings. The molecule has 1 saturated heterocycles. The van der Waals surface area contributed by atoms with Crippen LogP contribution in [0.2, 0.25) is 0 Å². The normalized spacial score (nSPS) is 22.1. The number of alkyl halides is 3. The van der Waals surface area contributed by atoms with Crippen LogP contribution < -0.4 is 10.6 Å². The molecule has 0 bridgehead atoms. The van der Waals surface area contributed by atoms with Crippen LogP contribution in [0.25, 0.3) is 11.4 Å². The number of halogens is 3. The van der Waals surface area contributed by atoms with E-state index in [2.05, 4.69) is 37.5 Å². The molecule has 0 spiro atoms. The van der Waals surface area contributed by atoms with Gasteiger partial charge in [0.1, 0.15) is 17.0 Å². The summed E-state index contributed by atoms with van der Waals surface area (Å²) < 4.78 is 39.4. The Morgan fingerprint density at radius 2 is 2.13 bits per heavy atom. The van der Waals surface area contributed by atoms with Crippen LogP contribution in [0, 0.1) is 5.92 Å². The molecule has 9 heteroatoms. The van der Waals surface area contributed by atoms with Crippen molar-refractivity contribution < 1.29 is 13.2 Å². The van der Waals surface area contributed by atoms with Crippen molar-refractivity contribution in [1.82, 2.24) is 25.3 Å². The average molecular weight is 326 g/mol. The van der Waals surface area contributed by atoms with Gasteiger partial charge in [0.15, 0.2) is 0 Å². The molecule has 6 nitrogen and oxygen atoms in total. The van der Waals surface area contributed by atoms with E-state index < -0.39 is 11.7 Å². The summed E-state index contributed by atoms with van der Waals surface area (Å²) in [6.07, 6.45) is -0.155. The van der Waals surface area contributed by atoms with Crippen molar-refractivity contribution in [3.05, 3.63) is 24.3 Å². The number of hydrogen-bond acceptors (Lipinski definition) is 5. The maximum absolute atomic E-state index is 13.1. The van der Waals surface area contributed by atoms with Gasteiger partial charge in [-0.3, -0.25) is 0 Å². The number of aromatic nitrogens is 4. The maximum Gasteiger partial charge on any atom is 0.420 e. The second-order valence-corrected chi connectivity index (χ2v) is 5.63. The zero-order valence-corrected chi connectivity index (χ0v) is 12.5. The summed E-state index contributed by atoms with van der Waals surface area (Å²) >= 11 is 0. The van der Waals surface area contributed by atoms with Gasteiger partial charge in [0.05, 0.1) is 6.33 Å². The third kappa shape index (κ3) is 3.44. The first-order valence-corrected chi connectivity index (χ1v) is 7.36. The smallest absolute Gasteiger partial charge is 0.351 e. The van der Waals surface area contributed by atoms with Crippen molar-refractivity contribution in [3.63, 3.8) is 0 Å². The van der Waals surface area contributed by atoms with Crippen LogP contribution in [0.3, 0.4) is 0 Å². The zero-order chi connectivity index (χ0) is 16.4. The van der Waals surface area contributed by atoms with Crippen LogP contribution in [0.4, 0.5) is 19.1 Å². The lowest BCUT2D eigenvalue weighted by Gasteiger charge is -2.30. The fraction of sp³-hybridized carbons (Fsp3) is 0.500. The zero-order valence-electron chi connectivity index (χ0n) is 12.5. The van der Waals surface area contributed by atoms with Crippen molar-refractivity contribution in [2.45, 2.75) is 25.6 Å². The minimum atomic E-state index is -4.53. The summed E-state index contributed by atoms with van der Waals surface area (Å²) in [5, 5.41) is 6.41. The molecule has 0 saturated carbocycles. The summed E-state index contributed by atoms with van der Waals surface area (Å²) in [7, 11) is 0. The third-order valence-corrected chi connectivity index (χ3v) is 3.93. The molecular formula is C14H17F3N6. The average Bonchev–Trinajstić information content (AvgIpc) is 3.03. The van der Waals surface area contributed by atoms with E-state index in [0.717, 1.165) is 25.7 Å². The van der Waals surface area contributed by atoms with E-state index in [9.17, 15) is 13.2 Å². The van der Waals surface area contributed by atoms with Crippen molar-refractivity contribution in [3.8, 4) is 11.4 Å². The molecule has 2 unspecified atom stereocenters. The number of hydrogen-bond donors (Lipinski definition) is 3. The van der Waals surface area contributed by atoms with Crippen LogP contribution in [0.5, 0.6) is 0 Å². The Morgan fingerprint density at radius 1 is 1.30 bits per heavy atom. The van der Waals surface area contributed by atoms with E-state index in [4.69, 9.17) is 0 Å². The molecule has 2 aromatic heterocycles. The number of nitrogens with one attached hydrogen (secondary N) is 3. The predicted octanol–water partition coefficient (Wildman–Crippen LogP) is 2.30.